The van der Waals surface area contributed by atoms with Crippen LogP contribution in [0.5, 0.6) is 0 Å². The molecule has 0 heterocycles. The van der Waals surface area contributed by atoms with Gasteiger partial charge in [-0.1, -0.05) is 26.2 Å². The Balaban J connectivity index is 2.19. The summed E-state index contributed by atoms with van der Waals surface area (Å²) in [6, 6.07) is 0. The highest BCUT2D eigenvalue weighted by Gasteiger charge is 2.01. The minimum Gasteiger partial charge on any atom is -0.498 e. The highest BCUT2D eigenvalue weighted by atomic mass is 16.5. The lowest BCUT2D eigenvalue weighted by atomic mass is 10.1. The molecule has 1 rings (SSSR count). The molecular formula is C12H22O. The zero-order valence-corrected chi connectivity index (χ0v) is 8.85. The first-order chi connectivity index (χ1) is 6.43. The first-order valence-electron chi connectivity index (χ1n) is 5.75. The van der Waals surface area contributed by atoms with Crippen molar-refractivity contribution in [2.45, 2.75) is 58.3 Å². The molecule has 1 aliphatic rings. The van der Waals surface area contributed by atoms with Gasteiger partial charge < -0.3 is 4.74 Å². The molecule has 0 unspecified atom stereocenters. The molecule has 0 saturated heterocycles. The number of ether oxygens (including phenoxy) is 1. The van der Waals surface area contributed by atoms with E-state index in [9.17, 15) is 0 Å². The number of rotatable bonds is 4. The van der Waals surface area contributed by atoms with Crippen molar-refractivity contribution in [1.29, 1.82) is 0 Å². The van der Waals surface area contributed by atoms with Crippen LogP contribution in [-0.4, -0.2) is 6.61 Å². The first kappa shape index (κ1) is 10.6. The van der Waals surface area contributed by atoms with Crippen LogP contribution < -0.4 is 0 Å². The fraction of sp³-hybridized carbons (Fsp3) is 0.833. The maximum atomic E-state index is 5.72. The number of unbranched alkanes of at least 4 members (excludes halogenated alkanes) is 1. The maximum Gasteiger partial charge on any atom is 0.0919 e. The molecule has 0 radical (unpaired) electrons. The highest BCUT2D eigenvalue weighted by Crippen LogP contribution is 2.17. The van der Waals surface area contributed by atoms with Gasteiger partial charge in [0, 0.05) is 6.42 Å². The Bertz CT molecular complexity index is 149. The van der Waals surface area contributed by atoms with Gasteiger partial charge in [-0.25, -0.2) is 0 Å². The maximum absolute atomic E-state index is 5.72. The monoisotopic (exact) mass is 182 g/mol. The molecule has 0 atom stereocenters. The first-order valence-corrected chi connectivity index (χ1v) is 5.75. The van der Waals surface area contributed by atoms with Gasteiger partial charge in [-0.15, -0.1) is 0 Å². The molecule has 0 N–H and O–H groups in total. The van der Waals surface area contributed by atoms with Crippen LogP contribution in [0.1, 0.15) is 58.3 Å². The van der Waals surface area contributed by atoms with Crippen molar-refractivity contribution >= 4 is 0 Å². The molecule has 0 aromatic carbocycles. The zero-order valence-electron chi connectivity index (χ0n) is 8.85. The molecular weight excluding hydrogens is 160 g/mol. The fourth-order valence-corrected chi connectivity index (χ4v) is 1.64. The molecule has 76 valence electrons. The van der Waals surface area contributed by atoms with Gasteiger partial charge in [0.15, 0.2) is 0 Å². The summed E-state index contributed by atoms with van der Waals surface area (Å²) >= 11 is 0. The topological polar surface area (TPSA) is 9.23 Å². The number of allylic oxidation sites excluding steroid dienone is 2. The Hall–Kier alpha value is -0.460. The summed E-state index contributed by atoms with van der Waals surface area (Å²) < 4.78 is 5.72. The van der Waals surface area contributed by atoms with Gasteiger partial charge in [0.2, 0.25) is 0 Å². The van der Waals surface area contributed by atoms with E-state index in [1.54, 1.807) is 0 Å². The second kappa shape index (κ2) is 6.99. The third kappa shape index (κ3) is 4.97. The van der Waals surface area contributed by atoms with E-state index in [-0.39, 0.29) is 0 Å². The van der Waals surface area contributed by atoms with Crippen molar-refractivity contribution in [3.8, 4) is 0 Å². The van der Waals surface area contributed by atoms with E-state index in [1.807, 2.05) is 0 Å². The van der Waals surface area contributed by atoms with Crippen molar-refractivity contribution in [3.63, 3.8) is 0 Å². The largest absolute Gasteiger partial charge is 0.498 e. The van der Waals surface area contributed by atoms with Crippen LogP contribution in [0, 0.1) is 0 Å². The normalized spacial score (nSPS) is 22.7. The molecule has 0 aromatic rings. The van der Waals surface area contributed by atoms with E-state index < -0.39 is 0 Å². The van der Waals surface area contributed by atoms with Crippen LogP contribution in [0.15, 0.2) is 11.8 Å². The average molecular weight is 182 g/mol. The minimum atomic E-state index is 0.919. The highest BCUT2D eigenvalue weighted by molar-refractivity contribution is 4.94. The van der Waals surface area contributed by atoms with Crippen LogP contribution >= 0.6 is 0 Å². The van der Waals surface area contributed by atoms with Gasteiger partial charge in [-0.2, -0.15) is 0 Å². The van der Waals surface area contributed by atoms with Crippen LogP contribution in [0.3, 0.4) is 0 Å². The summed E-state index contributed by atoms with van der Waals surface area (Å²) in [7, 11) is 0. The Morgan fingerprint density at radius 2 is 2.08 bits per heavy atom. The second-order valence-electron chi connectivity index (χ2n) is 3.83. The van der Waals surface area contributed by atoms with Gasteiger partial charge in [-0.3, -0.25) is 0 Å². The lowest BCUT2D eigenvalue weighted by molar-refractivity contribution is 0.193. The van der Waals surface area contributed by atoms with Crippen molar-refractivity contribution in [2.75, 3.05) is 6.61 Å². The summed E-state index contributed by atoms with van der Waals surface area (Å²) in [6.45, 7) is 3.12. The second-order valence-corrected chi connectivity index (χ2v) is 3.83. The summed E-state index contributed by atoms with van der Waals surface area (Å²) in [5.74, 6) is 1.26. The van der Waals surface area contributed by atoms with E-state index >= 15 is 0 Å². The molecule has 0 bridgehead atoms. The predicted molar refractivity (Wildman–Crippen MR) is 56.6 cm³/mol. The lowest BCUT2D eigenvalue weighted by Crippen LogP contribution is -1.97. The van der Waals surface area contributed by atoms with Crippen LogP contribution in [0.4, 0.5) is 0 Å². The van der Waals surface area contributed by atoms with Crippen molar-refractivity contribution in [1.82, 2.24) is 0 Å². The molecule has 1 nitrogen and oxygen atoms in total. The fourth-order valence-electron chi connectivity index (χ4n) is 1.64. The molecule has 13 heavy (non-hydrogen) atoms. The summed E-state index contributed by atoms with van der Waals surface area (Å²) in [4.78, 5) is 0. The van der Waals surface area contributed by atoms with Gasteiger partial charge in [0.1, 0.15) is 0 Å². The van der Waals surface area contributed by atoms with E-state index in [0.717, 1.165) is 6.61 Å². The molecule has 0 saturated carbocycles. The Kier molecular flexibility index (Phi) is 5.71. The third-order valence-electron chi connectivity index (χ3n) is 2.53. The van der Waals surface area contributed by atoms with Crippen LogP contribution in [0.2, 0.25) is 0 Å². The quantitative estimate of drug-likeness (QED) is 0.596. The summed E-state index contributed by atoms with van der Waals surface area (Å²) in [6.07, 6.45) is 12.6. The summed E-state index contributed by atoms with van der Waals surface area (Å²) in [5, 5.41) is 0. The molecule has 0 spiro atoms. The van der Waals surface area contributed by atoms with Crippen molar-refractivity contribution < 1.29 is 4.74 Å². The van der Waals surface area contributed by atoms with Gasteiger partial charge >= 0.3 is 0 Å². The minimum absolute atomic E-state index is 0.919. The van der Waals surface area contributed by atoms with E-state index in [4.69, 9.17) is 4.74 Å². The van der Waals surface area contributed by atoms with Gasteiger partial charge in [-0.05, 0) is 31.8 Å². The molecule has 0 aliphatic heterocycles. The van der Waals surface area contributed by atoms with Crippen LogP contribution in [-0.2, 0) is 4.74 Å². The average Bonchev–Trinajstić information content (AvgIpc) is 2.08. The third-order valence-corrected chi connectivity index (χ3v) is 2.53. The van der Waals surface area contributed by atoms with Gasteiger partial charge in [0.05, 0.1) is 12.4 Å². The van der Waals surface area contributed by atoms with E-state index in [2.05, 4.69) is 13.0 Å². The number of hydrogen-bond acceptors (Lipinski definition) is 1. The zero-order chi connectivity index (χ0) is 9.36. The molecule has 0 fully saturated rings. The van der Waals surface area contributed by atoms with Gasteiger partial charge in [0.25, 0.3) is 0 Å². The lowest BCUT2D eigenvalue weighted by Gasteiger charge is -2.12. The molecule has 1 heteroatoms. The van der Waals surface area contributed by atoms with E-state index in [0.29, 0.717) is 0 Å². The van der Waals surface area contributed by atoms with Crippen molar-refractivity contribution in [3.05, 3.63) is 11.8 Å². The molecule has 0 aromatic heterocycles. The predicted octanol–water partition coefficient (Wildman–Crippen LogP) is 4.04. The number of hydrogen-bond donors (Lipinski definition) is 0. The smallest absolute Gasteiger partial charge is 0.0919 e. The molecule has 1 aliphatic carbocycles. The summed E-state index contributed by atoms with van der Waals surface area (Å²) in [5.41, 5.74) is 0. The van der Waals surface area contributed by atoms with Crippen molar-refractivity contribution in [2.24, 2.45) is 0 Å². The molecule has 0 amide bonds. The standard InChI is InChI=1S/C12H22O/c1-2-3-11-13-12-9-7-5-4-6-8-10-12/h9H,2-8,10-11H2,1H3/b12-9+. The Labute approximate surface area is 82.2 Å². The van der Waals surface area contributed by atoms with E-state index in [1.165, 1.54) is 57.1 Å². The Morgan fingerprint density at radius 1 is 1.23 bits per heavy atom. The van der Waals surface area contributed by atoms with Crippen LogP contribution in [0.25, 0.3) is 0 Å². The Morgan fingerprint density at radius 3 is 2.92 bits per heavy atom. The SMILES string of the molecule is CCCCO/C1=C/CCCCCC1.